The summed E-state index contributed by atoms with van der Waals surface area (Å²) in [5.41, 5.74) is 4.02. The molecule has 4 nitrogen and oxygen atoms in total. The van der Waals surface area contributed by atoms with E-state index < -0.39 is 0 Å². The van der Waals surface area contributed by atoms with Gasteiger partial charge in [0.2, 0.25) is 0 Å². The van der Waals surface area contributed by atoms with Crippen LogP contribution >= 0.6 is 0 Å². The fraction of sp³-hybridized carbons (Fsp3) is 0. The summed E-state index contributed by atoms with van der Waals surface area (Å²) in [4.78, 5) is 0. The highest BCUT2D eigenvalue weighted by Crippen LogP contribution is 2.37. The molecular weight excluding hydrogens is 272 g/mol. The van der Waals surface area contributed by atoms with E-state index >= 15 is 0 Å². The Balaban J connectivity index is 2.26. The second kappa shape index (κ2) is 4.81. The van der Waals surface area contributed by atoms with Crippen molar-refractivity contribution in [1.82, 2.24) is 0 Å². The molecular formula is C18H4N4. The zero-order chi connectivity index (χ0) is 15.7. The molecule has 0 fully saturated rings. The Labute approximate surface area is 126 Å². The molecule has 0 aliphatic heterocycles. The highest BCUT2D eigenvalue weighted by Gasteiger charge is 2.22. The van der Waals surface area contributed by atoms with Gasteiger partial charge in [-0.25, -0.2) is 0 Å². The first-order chi connectivity index (χ1) is 10.7. The minimum Gasteiger partial charge on any atom is -0.192 e. The zero-order valence-electron chi connectivity index (χ0n) is 11.1. The molecule has 0 amide bonds. The molecule has 0 unspecified atom stereocenters. The van der Waals surface area contributed by atoms with Crippen LogP contribution in [0.25, 0.3) is 17.2 Å². The number of hydrogen-bond donors (Lipinski definition) is 0. The molecule has 0 atom stereocenters. The summed E-state index contributed by atoms with van der Waals surface area (Å²) in [7, 11) is 0. The standard InChI is InChI=1S/C18H4N4/c19-7-13(8-20)15-3-1-11-5-18-12(6-17(11)15)2-4-16(18)14(9-21)10-22/h1,3,5-6H. The highest BCUT2D eigenvalue weighted by molar-refractivity contribution is 5.99. The second-order valence-electron chi connectivity index (χ2n) is 4.55. The van der Waals surface area contributed by atoms with E-state index in [0.717, 1.165) is 11.1 Å². The lowest BCUT2D eigenvalue weighted by Gasteiger charge is -2.06. The Morgan fingerprint density at radius 2 is 1.45 bits per heavy atom. The van der Waals surface area contributed by atoms with Crippen molar-refractivity contribution in [2.45, 2.75) is 0 Å². The van der Waals surface area contributed by atoms with Gasteiger partial charge < -0.3 is 0 Å². The van der Waals surface area contributed by atoms with Gasteiger partial charge in [0.1, 0.15) is 35.4 Å². The first-order valence-electron chi connectivity index (χ1n) is 6.21. The third kappa shape index (κ3) is 1.69. The van der Waals surface area contributed by atoms with Crippen molar-refractivity contribution in [1.29, 1.82) is 21.0 Å². The molecule has 1 aromatic rings. The Kier molecular flexibility index (Phi) is 2.84. The second-order valence-corrected chi connectivity index (χ2v) is 4.55. The Morgan fingerprint density at radius 3 is 2.09 bits per heavy atom. The van der Waals surface area contributed by atoms with E-state index in [1.165, 1.54) is 0 Å². The Hall–Kier alpha value is -4.04. The van der Waals surface area contributed by atoms with Gasteiger partial charge in [0.05, 0.1) is 5.57 Å². The molecule has 22 heavy (non-hydrogen) atoms. The van der Waals surface area contributed by atoms with E-state index in [0.29, 0.717) is 22.3 Å². The summed E-state index contributed by atoms with van der Waals surface area (Å²) in [5.74, 6) is 5.71. The monoisotopic (exact) mass is 276 g/mol. The van der Waals surface area contributed by atoms with Crippen LogP contribution in [0.3, 0.4) is 0 Å². The molecule has 2 aliphatic carbocycles. The lowest BCUT2D eigenvalue weighted by molar-refractivity contribution is 1.45. The van der Waals surface area contributed by atoms with Crippen molar-refractivity contribution < 1.29 is 0 Å². The van der Waals surface area contributed by atoms with E-state index in [9.17, 15) is 0 Å². The summed E-state index contributed by atoms with van der Waals surface area (Å²) >= 11 is 0. The molecule has 0 N–H and O–H groups in total. The maximum Gasteiger partial charge on any atom is 0.145 e. The zero-order valence-corrected chi connectivity index (χ0v) is 11.1. The summed E-state index contributed by atoms with van der Waals surface area (Å²) in [6.45, 7) is 0. The first-order valence-corrected chi connectivity index (χ1v) is 6.21. The van der Waals surface area contributed by atoms with Crippen LogP contribution in [0.5, 0.6) is 0 Å². The minimum absolute atomic E-state index is 0.0151. The number of benzene rings is 1. The van der Waals surface area contributed by atoms with E-state index in [4.69, 9.17) is 21.0 Å². The molecule has 2 aliphatic rings. The van der Waals surface area contributed by atoms with E-state index in [-0.39, 0.29) is 11.1 Å². The predicted molar refractivity (Wildman–Crippen MR) is 78.6 cm³/mol. The highest BCUT2D eigenvalue weighted by atomic mass is 14.3. The third-order valence-electron chi connectivity index (χ3n) is 3.47. The van der Waals surface area contributed by atoms with Crippen LogP contribution in [0.4, 0.5) is 0 Å². The number of nitriles is 4. The van der Waals surface area contributed by atoms with Crippen LogP contribution in [0, 0.1) is 57.2 Å². The molecule has 0 radical (unpaired) electrons. The van der Waals surface area contributed by atoms with Gasteiger partial charge in [0.15, 0.2) is 0 Å². The maximum atomic E-state index is 9.01. The maximum absolute atomic E-state index is 9.01. The number of allylic oxidation sites excluding steroid dienone is 5. The van der Waals surface area contributed by atoms with Gasteiger partial charge in [-0.1, -0.05) is 24.0 Å². The van der Waals surface area contributed by atoms with Gasteiger partial charge in [-0.05, 0) is 23.3 Å². The van der Waals surface area contributed by atoms with Gasteiger partial charge in [-0.3, -0.25) is 0 Å². The van der Waals surface area contributed by atoms with Crippen molar-refractivity contribution in [3.63, 3.8) is 0 Å². The van der Waals surface area contributed by atoms with Crippen LogP contribution < -0.4 is 0 Å². The van der Waals surface area contributed by atoms with E-state index in [1.807, 2.05) is 30.3 Å². The topological polar surface area (TPSA) is 95.2 Å². The molecule has 0 saturated heterocycles. The lowest BCUT2D eigenvalue weighted by Crippen LogP contribution is -1.92. The van der Waals surface area contributed by atoms with Crippen LogP contribution in [0.2, 0.25) is 0 Å². The largest absolute Gasteiger partial charge is 0.192 e. The predicted octanol–water partition coefficient (Wildman–Crippen LogP) is 2.68. The normalized spacial score (nSPS) is 12.0. The van der Waals surface area contributed by atoms with Crippen molar-refractivity contribution in [3.05, 3.63) is 51.6 Å². The fourth-order valence-electron chi connectivity index (χ4n) is 2.46. The number of rotatable bonds is 0. The third-order valence-corrected chi connectivity index (χ3v) is 3.47. The van der Waals surface area contributed by atoms with Crippen molar-refractivity contribution >= 4 is 17.2 Å². The van der Waals surface area contributed by atoms with Gasteiger partial charge in [-0.2, -0.15) is 21.0 Å². The van der Waals surface area contributed by atoms with Crippen molar-refractivity contribution in [2.24, 2.45) is 0 Å². The molecule has 0 aromatic heterocycles. The van der Waals surface area contributed by atoms with Gasteiger partial charge >= 0.3 is 0 Å². The summed E-state index contributed by atoms with van der Waals surface area (Å²) < 4.78 is 0. The molecule has 1 aromatic carbocycles. The summed E-state index contributed by atoms with van der Waals surface area (Å²) in [6, 6.07) is 11.1. The SMILES string of the molecule is N#CC(C#N)=C1C#Cc2cc3c(cc21)C=CC3=C(C#N)C#N. The molecule has 0 spiro atoms. The Morgan fingerprint density at radius 1 is 0.773 bits per heavy atom. The molecule has 0 bridgehead atoms. The van der Waals surface area contributed by atoms with Crippen LogP contribution in [-0.4, -0.2) is 0 Å². The molecule has 4 heteroatoms. The van der Waals surface area contributed by atoms with Gasteiger partial charge in [0.25, 0.3) is 0 Å². The molecule has 0 saturated carbocycles. The van der Waals surface area contributed by atoms with Crippen molar-refractivity contribution in [2.75, 3.05) is 0 Å². The number of fused-ring (bicyclic) bond motifs is 2. The van der Waals surface area contributed by atoms with Crippen LogP contribution in [-0.2, 0) is 0 Å². The molecule has 3 rings (SSSR count). The van der Waals surface area contributed by atoms with E-state index in [1.54, 1.807) is 18.2 Å². The number of hydrogen-bond acceptors (Lipinski definition) is 4. The number of nitrogens with zero attached hydrogens (tertiary/aromatic N) is 4. The van der Waals surface area contributed by atoms with Crippen molar-refractivity contribution in [3.8, 4) is 36.1 Å². The first kappa shape index (κ1) is 13.0. The quantitative estimate of drug-likeness (QED) is 0.537. The summed E-state index contributed by atoms with van der Waals surface area (Å²) in [6.07, 6.45) is 3.52. The van der Waals surface area contributed by atoms with Gasteiger partial charge in [0, 0.05) is 16.7 Å². The lowest BCUT2D eigenvalue weighted by atomic mass is 9.94. The molecule has 96 valence electrons. The average Bonchev–Trinajstić information content (AvgIpc) is 3.13. The molecule has 0 heterocycles. The van der Waals surface area contributed by atoms with Gasteiger partial charge in [-0.15, -0.1) is 0 Å². The smallest absolute Gasteiger partial charge is 0.145 e. The fourth-order valence-corrected chi connectivity index (χ4v) is 2.46. The Bertz CT molecular complexity index is 1020. The minimum atomic E-state index is -0.0151. The summed E-state index contributed by atoms with van der Waals surface area (Å²) in [5, 5.41) is 36.0. The average molecular weight is 276 g/mol. The van der Waals surface area contributed by atoms with E-state index in [2.05, 4.69) is 11.8 Å². The van der Waals surface area contributed by atoms with Crippen LogP contribution in [0.1, 0.15) is 22.3 Å². The van der Waals surface area contributed by atoms with Crippen LogP contribution in [0.15, 0.2) is 29.4 Å².